The second-order valence-electron chi connectivity index (χ2n) is 4.54. The molecule has 0 aromatic heterocycles. The highest BCUT2D eigenvalue weighted by Gasteiger charge is 2.47. The summed E-state index contributed by atoms with van der Waals surface area (Å²) in [4.78, 5) is 22.8. The van der Waals surface area contributed by atoms with Crippen LogP contribution in [-0.2, 0) is 9.53 Å². The van der Waals surface area contributed by atoms with Gasteiger partial charge in [-0.05, 0) is 25.4 Å². The summed E-state index contributed by atoms with van der Waals surface area (Å²) in [5.74, 6) is 0.0346. The molecule has 1 heterocycles. The molecular formula is C11H20N2O4S. The number of hydrogen-bond acceptors (Lipinski definition) is 4. The third kappa shape index (κ3) is 3.78. The highest BCUT2D eigenvalue weighted by molar-refractivity contribution is 7.98. The number of carbonyl (C=O) groups is 2. The molecule has 3 N–H and O–H groups in total. The number of nitrogens with one attached hydrogen (secondary N) is 2. The van der Waals surface area contributed by atoms with Gasteiger partial charge in [-0.3, -0.25) is 4.79 Å². The van der Waals surface area contributed by atoms with Gasteiger partial charge in [-0.25, -0.2) is 4.79 Å². The Morgan fingerprint density at radius 3 is 2.89 bits per heavy atom. The lowest BCUT2D eigenvalue weighted by atomic mass is 9.85. The maximum atomic E-state index is 11.6. The smallest absolute Gasteiger partial charge is 0.315 e. The van der Waals surface area contributed by atoms with Gasteiger partial charge in [0.1, 0.15) is 5.41 Å². The molecule has 2 unspecified atom stereocenters. The molecule has 0 aromatic carbocycles. The van der Waals surface area contributed by atoms with Crippen LogP contribution in [0.1, 0.15) is 13.3 Å². The highest BCUT2D eigenvalue weighted by Crippen LogP contribution is 2.28. The maximum absolute atomic E-state index is 11.6. The number of ether oxygens (including phenoxy) is 1. The van der Waals surface area contributed by atoms with E-state index in [0.717, 1.165) is 12.2 Å². The number of carbonyl (C=O) groups excluding carboxylic acids is 1. The van der Waals surface area contributed by atoms with Crippen LogP contribution in [0.25, 0.3) is 0 Å². The Morgan fingerprint density at radius 2 is 2.28 bits per heavy atom. The van der Waals surface area contributed by atoms with E-state index < -0.39 is 17.4 Å². The molecule has 0 aliphatic carbocycles. The van der Waals surface area contributed by atoms with Gasteiger partial charge in [0, 0.05) is 6.54 Å². The van der Waals surface area contributed by atoms with E-state index in [1.807, 2.05) is 6.26 Å². The van der Waals surface area contributed by atoms with Gasteiger partial charge >= 0.3 is 12.0 Å². The molecule has 0 bridgehead atoms. The molecule has 1 saturated heterocycles. The number of carboxylic acids is 1. The molecule has 1 fully saturated rings. The Morgan fingerprint density at radius 1 is 1.56 bits per heavy atom. The lowest BCUT2D eigenvalue weighted by Crippen LogP contribution is -2.52. The molecule has 1 rings (SSSR count). The van der Waals surface area contributed by atoms with Gasteiger partial charge < -0.3 is 20.5 Å². The van der Waals surface area contributed by atoms with Crippen LogP contribution >= 0.6 is 11.8 Å². The van der Waals surface area contributed by atoms with Gasteiger partial charge in [-0.15, -0.1) is 0 Å². The van der Waals surface area contributed by atoms with E-state index in [4.69, 9.17) is 9.84 Å². The van der Waals surface area contributed by atoms with Crippen molar-refractivity contribution < 1.29 is 19.4 Å². The van der Waals surface area contributed by atoms with Crippen molar-refractivity contribution in [2.75, 3.05) is 31.8 Å². The molecule has 2 atom stereocenters. The average molecular weight is 276 g/mol. The summed E-state index contributed by atoms with van der Waals surface area (Å²) >= 11 is 1.72. The van der Waals surface area contributed by atoms with Gasteiger partial charge in [-0.2, -0.15) is 11.8 Å². The quantitative estimate of drug-likeness (QED) is 0.616. The van der Waals surface area contributed by atoms with Gasteiger partial charge in [0.2, 0.25) is 0 Å². The minimum absolute atomic E-state index is 0.125. The number of amides is 2. The first kappa shape index (κ1) is 15.1. The van der Waals surface area contributed by atoms with Crippen LogP contribution in [0.4, 0.5) is 4.79 Å². The Labute approximate surface area is 111 Å². The number of hydrogen-bond donors (Lipinski definition) is 3. The van der Waals surface area contributed by atoms with Gasteiger partial charge in [0.25, 0.3) is 0 Å². The molecule has 104 valence electrons. The summed E-state index contributed by atoms with van der Waals surface area (Å²) in [5, 5.41) is 14.5. The van der Waals surface area contributed by atoms with E-state index in [-0.39, 0.29) is 19.2 Å². The number of carboxylic acid groups (broad SMARTS) is 1. The predicted octanol–water partition coefficient (Wildman–Crippen LogP) is 0.528. The molecule has 1 aliphatic rings. The molecule has 0 aromatic rings. The number of thioether (sulfide) groups is 1. The molecule has 0 radical (unpaired) electrons. The van der Waals surface area contributed by atoms with Crippen molar-refractivity contribution in [3.8, 4) is 0 Å². The Balaban J connectivity index is 2.37. The summed E-state index contributed by atoms with van der Waals surface area (Å²) in [6, 6.07) is -0.824. The van der Waals surface area contributed by atoms with Gasteiger partial charge in [-0.1, -0.05) is 0 Å². The topological polar surface area (TPSA) is 87.7 Å². The van der Waals surface area contributed by atoms with E-state index in [2.05, 4.69) is 10.6 Å². The zero-order chi connectivity index (χ0) is 13.6. The Hall–Kier alpha value is -0.950. The zero-order valence-corrected chi connectivity index (χ0v) is 11.5. The van der Waals surface area contributed by atoms with Crippen molar-refractivity contribution in [1.29, 1.82) is 0 Å². The molecule has 2 amide bonds. The maximum Gasteiger partial charge on any atom is 0.315 e. The van der Waals surface area contributed by atoms with E-state index in [1.54, 1.807) is 18.7 Å². The SMILES string of the molecule is CSCCCNC(=O)NC1COCC1(C)C(=O)O. The first-order valence-electron chi connectivity index (χ1n) is 5.85. The van der Waals surface area contributed by atoms with Crippen LogP contribution in [0, 0.1) is 5.41 Å². The molecule has 18 heavy (non-hydrogen) atoms. The van der Waals surface area contributed by atoms with E-state index in [9.17, 15) is 9.59 Å². The van der Waals surface area contributed by atoms with Crippen molar-refractivity contribution in [3.63, 3.8) is 0 Å². The molecule has 7 heteroatoms. The summed E-state index contributed by atoms with van der Waals surface area (Å²) < 4.78 is 5.15. The summed E-state index contributed by atoms with van der Waals surface area (Å²) in [7, 11) is 0. The first-order valence-corrected chi connectivity index (χ1v) is 7.24. The number of aliphatic carboxylic acids is 1. The number of urea groups is 1. The monoisotopic (exact) mass is 276 g/mol. The van der Waals surface area contributed by atoms with Crippen LogP contribution in [0.2, 0.25) is 0 Å². The van der Waals surface area contributed by atoms with Gasteiger partial charge in [0.15, 0.2) is 0 Å². The standard InChI is InChI=1S/C11H20N2O4S/c1-11(9(14)15)7-17-6-8(11)13-10(16)12-4-3-5-18-2/h8H,3-7H2,1-2H3,(H,14,15)(H2,12,13,16). The van der Waals surface area contributed by atoms with Crippen LogP contribution in [0.3, 0.4) is 0 Å². The van der Waals surface area contributed by atoms with E-state index >= 15 is 0 Å². The fraction of sp³-hybridized carbons (Fsp3) is 0.818. The summed E-state index contributed by atoms with van der Waals surface area (Å²) in [5.41, 5.74) is -1.05. The molecule has 6 nitrogen and oxygen atoms in total. The zero-order valence-electron chi connectivity index (χ0n) is 10.7. The largest absolute Gasteiger partial charge is 0.481 e. The van der Waals surface area contributed by atoms with Crippen LogP contribution < -0.4 is 10.6 Å². The third-order valence-corrected chi connectivity index (χ3v) is 3.76. The van der Waals surface area contributed by atoms with Crippen LogP contribution in [-0.4, -0.2) is 54.9 Å². The van der Waals surface area contributed by atoms with E-state index in [0.29, 0.717) is 6.54 Å². The highest BCUT2D eigenvalue weighted by atomic mass is 32.2. The minimum atomic E-state index is -1.05. The Bertz CT molecular complexity index is 313. The van der Waals surface area contributed by atoms with Crippen molar-refractivity contribution >= 4 is 23.8 Å². The van der Waals surface area contributed by atoms with Crippen molar-refractivity contribution in [2.45, 2.75) is 19.4 Å². The molecule has 0 spiro atoms. The van der Waals surface area contributed by atoms with Crippen molar-refractivity contribution in [3.05, 3.63) is 0 Å². The first-order chi connectivity index (χ1) is 8.50. The lowest BCUT2D eigenvalue weighted by molar-refractivity contribution is -0.148. The normalized spacial score (nSPS) is 26.9. The fourth-order valence-electron chi connectivity index (χ4n) is 1.71. The number of rotatable bonds is 6. The minimum Gasteiger partial charge on any atom is -0.481 e. The lowest BCUT2D eigenvalue weighted by Gasteiger charge is -2.25. The second kappa shape index (κ2) is 6.84. The average Bonchev–Trinajstić information content (AvgIpc) is 2.68. The fourth-order valence-corrected chi connectivity index (χ4v) is 2.15. The molecular weight excluding hydrogens is 256 g/mol. The molecule has 1 aliphatic heterocycles. The van der Waals surface area contributed by atoms with Crippen LogP contribution in [0.5, 0.6) is 0 Å². The van der Waals surface area contributed by atoms with Crippen molar-refractivity contribution in [2.24, 2.45) is 5.41 Å². The van der Waals surface area contributed by atoms with Gasteiger partial charge in [0.05, 0.1) is 19.3 Å². The third-order valence-electron chi connectivity index (χ3n) is 3.06. The second-order valence-corrected chi connectivity index (χ2v) is 5.52. The Kier molecular flexibility index (Phi) is 5.74. The summed E-state index contributed by atoms with van der Waals surface area (Å²) in [6.45, 7) is 2.53. The summed E-state index contributed by atoms with van der Waals surface area (Å²) in [6.07, 6.45) is 2.90. The van der Waals surface area contributed by atoms with E-state index in [1.165, 1.54) is 0 Å². The molecule has 0 saturated carbocycles. The van der Waals surface area contributed by atoms with Crippen molar-refractivity contribution in [1.82, 2.24) is 10.6 Å². The van der Waals surface area contributed by atoms with Crippen LogP contribution in [0.15, 0.2) is 0 Å². The predicted molar refractivity (Wildman–Crippen MR) is 69.9 cm³/mol.